The van der Waals surface area contributed by atoms with Gasteiger partial charge in [0.2, 0.25) is 0 Å². The highest BCUT2D eigenvalue weighted by Gasteiger charge is 2.21. The lowest BCUT2D eigenvalue weighted by molar-refractivity contribution is -0.150. The standard InChI is InChI=1S/C12H13NO3/c1-7-4-9(6-13)5-10(8(7)2)11(14)12(15)16-3/h4-5,11,14H,1-3H3. The number of aryl methyl sites for hydroxylation is 1. The van der Waals surface area contributed by atoms with Gasteiger partial charge in [-0.3, -0.25) is 0 Å². The summed E-state index contributed by atoms with van der Waals surface area (Å²) in [5, 5.41) is 18.5. The van der Waals surface area contributed by atoms with E-state index in [1.807, 2.05) is 13.0 Å². The number of hydrogen-bond acceptors (Lipinski definition) is 4. The smallest absolute Gasteiger partial charge is 0.339 e. The molecular formula is C12H13NO3. The predicted octanol–water partition coefficient (Wildman–Crippen LogP) is 1.38. The number of ether oxygens (including phenoxy) is 1. The van der Waals surface area contributed by atoms with Gasteiger partial charge in [-0.2, -0.15) is 5.26 Å². The van der Waals surface area contributed by atoms with Gasteiger partial charge < -0.3 is 9.84 Å². The van der Waals surface area contributed by atoms with Crippen LogP contribution < -0.4 is 0 Å². The molecule has 1 aromatic carbocycles. The lowest BCUT2D eigenvalue weighted by Crippen LogP contribution is -2.15. The molecule has 1 N–H and O–H groups in total. The Kier molecular flexibility index (Phi) is 3.64. The van der Waals surface area contributed by atoms with E-state index in [9.17, 15) is 9.90 Å². The van der Waals surface area contributed by atoms with Crippen LogP contribution in [0, 0.1) is 25.2 Å². The van der Waals surface area contributed by atoms with E-state index in [4.69, 9.17) is 5.26 Å². The van der Waals surface area contributed by atoms with Crippen LogP contribution in [-0.4, -0.2) is 18.2 Å². The predicted molar refractivity (Wildman–Crippen MR) is 57.6 cm³/mol. The van der Waals surface area contributed by atoms with Gasteiger partial charge in [-0.05, 0) is 42.7 Å². The number of rotatable bonds is 2. The first-order valence-electron chi connectivity index (χ1n) is 4.78. The molecule has 0 saturated carbocycles. The van der Waals surface area contributed by atoms with Gasteiger partial charge in [-0.1, -0.05) is 0 Å². The van der Waals surface area contributed by atoms with Crippen molar-refractivity contribution >= 4 is 5.97 Å². The number of aliphatic hydroxyl groups is 1. The Morgan fingerprint density at radius 2 is 2.12 bits per heavy atom. The van der Waals surface area contributed by atoms with Crippen molar-refractivity contribution in [1.29, 1.82) is 5.26 Å². The zero-order chi connectivity index (χ0) is 12.3. The van der Waals surface area contributed by atoms with Crippen molar-refractivity contribution in [3.8, 4) is 6.07 Å². The van der Waals surface area contributed by atoms with Gasteiger partial charge in [-0.15, -0.1) is 0 Å². The van der Waals surface area contributed by atoms with Crippen LogP contribution >= 0.6 is 0 Å². The molecule has 0 aliphatic rings. The maximum atomic E-state index is 11.2. The normalized spacial score (nSPS) is 11.7. The zero-order valence-electron chi connectivity index (χ0n) is 9.44. The average Bonchev–Trinajstić information content (AvgIpc) is 2.30. The number of carbonyl (C=O) groups excluding carboxylic acids is 1. The fourth-order valence-corrected chi connectivity index (χ4v) is 1.47. The number of nitriles is 1. The Bertz CT molecular complexity index is 460. The molecule has 1 atom stereocenters. The summed E-state index contributed by atoms with van der Waals surface area (Å²) in [4.78, 5) is 11.2. The molecule has 0 fully saturated rings. The summed E-state index contributed by atoms with van der Waals surface area (Å²) in [6.45, 7) is 3.61. The number of nitrogens with zero attached hydrogens (tertiary/aromatic N) is 1. The van der Waals surface area contributed by atoms with Gasteiger partial charge >= 0.3 is 5.97 Å². The van der Waals surface area contributed by atoms with Gasteiger partial charge in [0.15, 0.2) is 6.10 Å². The third-order valence-electron chi connectivity index (χ3n) is 2.56. The summed E-state index contributed by atoms with van der Waals surface area (Å²) in [7, 11) is 1.21. The molecule has 1 unspecified atom stereocenters. The third-order valence-corrected chi connectivity index (χ3v) is 2.56. The van der Waals surface area contributed by atoms with Crippen molar-refractivity contribution in [2.75, 3.05) is 7.11 Å². The zero-order valence-corrected chi connectivity index (χ0v) is 9.44. The first kappa shape index (κ1) is 12.2. The minimum Gasteiger partial charge on any atom is -0.467 e. The van der Waals surface area contributed by atoms with Gasteiger partial charge in [0.1, 0.15) is 0 Å². The van der Waals surface area contributed by atoms with Crippen molar-refractivity contribution in [3.05, 3.63) is 34.4 Å². The molecule has 0 heterocycles. The third kappa shape index (κ3) is 2.20. The SMILES string of the molecule is COC(=O)C(O)c1cc(C#N)cc(C)c1C. The van der Waals surface area contributed by atoms with Gasteiger partial charge in [0, 0.05) is 0 Å². The van der Waals surface area contributed by atoms with Crippen molar-refractivity contribution in [2.45, 2.75) is 20.0 Å². The van der Waals surface area contributed by atoms with Crippen molar-refractivity contribution in [1.82, 2.24) is 0 Å². The number of carbonyl (C=O) groups is 1. The maximum Gasteiger partial charge on any atom is 0.339 e. The summed E-state index contributed by atoms with van der Waals surface area (Å²) < 4.78 is 4.46. The van der Waals surface area contributed by atoms with Crippen molar-refractivity contribution in [3.63, 3.8) is 0 Å². The van der Waals surface area contributed by atoms with Crippen LogP contribution in [0.2, 0.25) is 0 Å². The van der Waals surface area contributed by atoms with Crippen LogP contribution in [0.15, 0.2) is 12.1 Å². The molecule has 16 heavy (non-hydrogen) atoms. The fraction of sp³-hybridized carbons (Fsp3) is 0.333. The minimum absolute atomic E-state index is 0.418. The number of esters is 1. The van der Waals surface area contributed by atoms with Crippen LogP contribution in [0.1, 0.15) is 28.4 Å². The molecular weight excluding hydrogens is 206 g/mol. The van der Waals surface area contributed by atoms with Gasteiger partial charge in [-0.25, -0.2) is 4.79 Å². The summed E-state index contributed by atoms with van der Waals surface area (Å²) in [5.41, 5.74) is 2.48. The molecule has 0 aliphatic heterocycles. The summed E-state index contributed by atoms with van der Waals surface area (Å²) in [6, 6.07) is 5.20. The average molecular weight is 219 g/mol. The monoisotopic (exact) mass is 219 g/mol. The molecule has 0 bridgehead atoms. The summed E-state index contributed by atoms with van der Waals surface area (Å²) in [5.74, 6) is -0.724. The Labute approximate surface area is 94.1 Å². The van der Waals surface area contributed by atoms with E-state index in [2.05, 4.69) is 4.74 Å². The summed E-state index contributed by atoms with van der Waals surface area (Å²) in [6.07, 6.45) is -1.34. The second kappa shape index (κ2) is 4.77. The number of benzene rings is 1. The lowest BCUT2D eigenvalue weighted by Gasteiger charge is -2.13. The summed E-state index contributed by atoms with van der Waals surface area (Å²) >= 11 is 0. The van der Waals surface area contributed by atoms with Crippen molar-refractivity contribution < 1.29 is 14.6 Å². The van der Waals surface area contributed by atoms with Gasteiger partial charge in [0.05, 0.1) is 18.7 Å². The molecule has 0 aromatic heterocycles. The van der Waals surface area contributed by atoms with Crippen LogP contribution in [0.25, 0.3) is 0 Å². The number of aliphatic hydroxyl groups excluding tert-OH is 1. The second-order valence-electron chi connectivity index (χ2n) is 3.54. The van der Waals surface area contributed by atoms with Crippen LogP contribution in [-0.2, 0) is 9.53 Å². The second-order valence-corrected chi connectivity index (χ2v) is 3.54. The molecule has 1 aromatic rings. The lowest BCUT2D eigenvalue weighted by atomic mass is 9.96. The maximum absolute atomic E-state index is 11.2. The highest BCUT2D eigenvalue weighted by molar-refractivity contribution is 5.77. The first-order chi connectivity index (χ1) is 7.51. The largest absolute Gasteiger partial charge is 0.467 e. The highest BCUT2D eigenvalue weighted by Crippen LogP contribution is 2.23. The molecule has 4 nitrogen and oxygen atoms in total. The molecule has 0 spiro atoms. The van der Waals surface area contributed by atoms with Crippen molar-refractivity contribution in [2.24, 2.45) is 0 Å². The quantitative estimate of drug-likeness (QED) is 0.763. The molecule has 0 radical (unpaired) electrons. The van der Waals surface area contributed by atoms with Crippen LogP contribution in [0.5, 0.6) is 0 Å². The van der Waals surface area contributed by atoms with E-state index in [0.29, 0.717) is 11.1 Å². The Balaban J connectivity index is 3.28. The molecule has 0 saturated heterocycles. The van der Waals surface area contributed by atoms with Crippen LogP contribution in [0.4, 0.5) is 0 Å². The van der Waals surface area contributed by atoms with E-state index >= 15 is 0 Å². The number of hydrogen-bond donors (Lipinski definition) is 1. The molecule has 84 valence electrons. The van der Waals surface area contributed by atoms with Gasteiger partial charge in [0.25, 0.3) is 0 Å². The van der Waals surface area contributed by atoms with E-state index in [1.54, 1.807) is 13.0 Å². The Hall–Kier alpha value is -1.86. The van der Waals surface area contributed by atoms with Crippen LogP contribution in [0.3, 0.4) is 0 Å². The first-order valence-corrected chi connectivity index (χ1v) is 4.78. The van der Waals surface area contributed by atoms with E-state index in [0.717, 1.165) is 11.1 Å². The fourth-order valence-electron chi connectivity index (χ4n) is 1.47. The molecule has 1 rings (SSSR count). The molecule has 4 heteroatoms. The topological polar surface area (TPSA) is 70.3 Å². The molecule has 0 amide bonds. The molecule has 0 aliphatic carbocycles. The Morgan fingerprint density at radius 3 is 2.62 bits per heavy atom. The van der Waals surface area contributed by atoms with E-state index in [-0.39, 0.29) is 0 Å². The Morgan fingerprint density at radius 1 is 1.50 bits per heavy atom. The van der Waals surface area contributed by atoms with E-state index in [1.165, 1.54) is 13.2 Å². The minimum atomic E-state index is -1.34. The number of methoxy groups -OCH3 is 1. The highest BCUT2D eigenvalue weighted by atomic mass is 16.5. The van der Waals surface area contributed by atoms with E-state index < -0.39 is 12.1 Å².